The lowest BCUT2D eigenvalue weighted by Gasteiger charge is -2.41. The van der Waals surface area contributed by atoms with Crippen molar-refractivity contribution >= 4 is 11.6 Å². The number of benzene rings is 1. The minimum atomic E-state index is -2.92. The van der Waals surface area contributed by atoms with Crippen LogP contribution in [-0.2, 0) is 16.1 Å². The molecule has 0 aliphatic carbocycles. The highest BCUT2D eigenvalue weighted by atomic mass is 16.8. The van der Waals surface area contributed by atoms with E-state index in [1.807, 2.05) is 6.92 Å². The van der Waals surface area contributed by atoms with Gasteiger partial charge in [0.1, 0.15) is 6.23 Å². The lowest BCUT2D eigenvalue weighted by molar-refractivity contribution is -0.365. The van der Waals surface area contributed by atoms with Crippen molar-refractivity contribution in [3.63, 3.8) is 0 Å². The van der Waals surface area contributed by atoms with Gasteiger partial charge < -0.3 is 31.1 Å². The van der Waals surface area contributed by atoms with Gasteiger partial charge in [-0.2, -0.15) is 0 Å². The molecule has 9 heteroatoms. The minimum Gasteiger partial charge on any atom is -0.399 e. The SMILES string of the molecule is CNC(NC(C)O)(C(=O)NCc1cccc(N)c1C)C(O)(O)OC. The summed E-state index contributed by atoms with van der Waals surface area (Å²) in [4.78, 5) is 12.6. The maximum absolute atomic E-state index is 12.6. The summed E-state index contributed by atoms with van der Waals surface area (Å²) in [7, 11) is 2.34. The first-order chi connectivity index (χ1) is 11.1. The van der Waals surface area contributed by atoms with Crippen molar-refractivity contribution in [2.75, 3.05) is 19.9 Å². The number of rotatable bonds is 8. The topological polar surface area (TPSA) is 149 Å². The van der Waals surface area contributed by atoms with Gasteiger partial charge in [0.05, 0.1) is 0 Å². The van der Waals surface area contributed by atoms with Crippen LogP contribution in [0, 0.1) is 6.92 Å². The van der Waals surface area contributed by atoms with Crippen LogP contribution in [0.4, 0.5) is 5.69 Å². The Balaban J connectivity index is 3.06. The van der Waals surface area contributed by atoms with E-state index in [0.29, 0.717) is 5.69 Å². The Hall–Kier alpha value is -1.75. The second kappa shape index (κ2) is 7.88. The van der Waals surface area contributed by atoms with Crippen molar-refractivity contribution in [2.24, 2.45) is 0 Å². The molecule has 2 unspecified atom stereocenters. The number of nitrogen functional groups attached to an aromatic ring is 1. The third-order valence-corrected chi connectivity index (χ3v) is 3.84. The van der Waals surface area contributed by atoms with E-state index in [1.54, 1.807) is 18.2 Å². The highest BCUT2D eigenvalue weighted by Gasteiger charge is 2.56. The first kappa shape index (κ1) is 20.3. The fourth-order valence-corrected chi connectivity index (χ4v) is 2.33. The van der Waals surface area contributed by atoms with Crippen LogP contribution in [0.15, 0.2) is 18.2 Å². The average Bonchev–Trinajstić information content (AvgIpc) is 2.53. The van der Waals surface area contributed by atoms with Crippen molar-refractivity contribution in [1.82, 2.24) is 16.0 Å². The van der Waals surface area contributed by atoms with Crippen LogP contribution in [0.25, 0.3) is 0 Å². The van der Waals surface area contributed by atoms with E-state index in [2.05, 4.69) is 20.7 Å². The monoisotopic (exact) mass is 342 g/mol. The summed E-state index contributed by atoms with van der Waals surface area (Å²) < 4.78 is 4.61. The summed E-state index contributed by atoms with van der Waals surface area (Å²) in [5, 5.41) is 37.1. The predicted molar refractivity (Wildman–Crippen MR) is 88.2 cm³/mol. The molecule has 0 heterocycles. The van der Waals surface area contributed by atoms with Gasteiger partial charge in [0, 0.05) is 19.3 Å². The number of nitrogens with one attached hydrogen (secondary N) is 3. The fourth-order valence-electron chi connectivity index (χ4n) is 2.33. The van der Waals surface area contributed by atoms with Crippen LogP contribution in [0.5, 0.6) is 0 Å². The number of ether oxygens (including phenoxy) is 1. The van der Waals surface area contributed by atoms with Gasteiger partial charge in [-0.25, -0.2) is 0 Å². The number of hydrogen-bond acceptors (Lipinski definition) is 8. The van der Waals surface area contributed by atoms with Crippen molar-refractivity contribution in [3.05, 3.63) is 29.3 Å². The molecule has 0 aliphatic rings. The molecule has 0 bridgehead atoms. The highest BCUT2D eigenvalue weighted by molar-refractivity contribution is 5.87. The van der Waals surface area contributed by atoms with Crippen molar-refractivity contribution in [1.29, 1.82) is 0 Å². The Kier molecular flexibility index (Phi) is 6.67. The average molecular weight is 342 g/mol. The number of carbonyl (C=O) groups excluding carboxylic acids is 1. The minimum absolute atomic E-state index is 0.0976. The molecule has 0 saturated carbocycles. The number of methoxy groups -OCH3 is 1. The number of carbonyl (C=O) groups is 1. The second-order valence-electron chi connectivity index (χ2n) is 5.45. The Morgan fingerprint density at radius 1 is 1.42 bits per heavy atom. The molecule has 8 N–H and O–H groups in total. The number of nitrogens with two attached hydrogens (primary N) is 1. The van der Waals surface area contributed by atoms with Gasteiger partial charge in [-0.15, -0.1) is 0 Å². The molecular weight excluding hydrogens is 316 g/mol. The summed E-state index contributed by atoms with van der Waals surface area (Å²) in [6.45, 7) is 3.24. The third-order valence-electron chi connectivity index (χ3n) is 3.84. The van der Waals surface area contributed by atoms with Crippen LogP contribution in [-0.4, -0.2) is 53.2 Å². The number of likely N-dealkylation sites (N-methyl/N-ethyl adjacent to an activating group) is 1. The van der Waals surface area contributed by atoms with E-state index in [-0.39, 0.29) is 6.54 Å². The van der Waals surface area contributed by atoms with Crippen LogP contribution in [0.2, 0.25) is 0 Å². The van der Waals surface area contributed by atoms with Crippen molar-refractivity contribution in [3.8, 4) is 0 Å². The van der Waals surface area contributed by atoms with Crippen molar-refractivity contribution in [2.45, 2.75) is 38.3 Å². The van der Waals surface area contributed by atoms with Gasteiger partial charge in [0.25, 0.3) is 5.91 Å². The molecule has 0 aliphatic heterocycles. The normalized spacial score (nSPS) is 15.6. The number of anilines is 1. The molecule has 1 aromatic rings. The van der Waals surface area contributed by atoms with Gasteiger partial charge in [0.15, 0.2) is 0 Å². The fraction of sp³-hybridized carbons (Fsp3) is 0.533. The maximum Gasteiger partial charge on any atom is 0.321 e. The molecule has 2 atom stereocenters. The lowest BCUT2D eigenvalue weighted by atomic mass is 10.0. The predicted octanol–water partition coefficient (Wildman–Crippen LogP) is -1.68. The van der Waals surface area contributed by atoms with Crippen LogP contribution < -0.4 is 21.7 Å². The molecule has 0 radical (unpaired) electrons. The van der Waals surface area contributed by atoms with Gasteiger partial charge >= 0.3 is 5.97 Å². The Bertz CT molecular complexity index is 579. The van der Waals surface area contributed by atoms with Crippen LogP contribution in [0.3, 0.4) is 0 Å². The molecule has 1 aromatic carbocycles. The van der Waals surface area contributed by atoms with E-state index in [1.165, 1.54) is 14.0 Å². The third kappa shape index (κ3) is 4.01. The number of hydrogen-bond donors (Lipinski definition) is 7. The van der Waals surface area contributed by atoms with Gasteiger partial charge in [-0.3, -0.25) is 15.4 Å². The zero-order valence-electron chi connectivity index (χ0n) is 14.3. The van der Waals surface area contributed by atoms with Crippen molar-refractivity contribution < 1.29 is 24.9 Å². The van der Waals surface area contributed by atoms with E-state index in [4.69, 9.17) is 5.73 Å². The molecule has 0 fully saturated rings. The smallest absolute Gasteiger partial charge is 0.321 e. The summed E-state index contributed by atoms with van der Waals surface area (Å²) in [6.07, 6.45) is -1.23. The molecule has 0 saturated heterocycles. The Labute approximate surface area is 140 Å². The summed E-state index contributed by atoms with van der Waals surface area (Å²) >= 11 is 0. The molecule has 136 valence electrons. The van der Waals surface area contributed by atoms with Gasteiger partial charge in [0.2, 0.25) is 5.66 Å². The zero-order valence-corrected chi connectivity index (χ0v) is 14.3. The molecule has 0 aromatic heterocycles. The van der Waals surface area contributed by atoms with Gasteiger partial charge in [-0.05, 0) is 38.1 Å². The second-order valence-corrected chi connectivity index (χ2v) is 5.45. The largest absolute Gasteiger partial charge is 0.399 e. The molecular formula is C15H26N4O5. The van der Waals surface area contributed by atoms with E-state index >= 15 is 0 Å². The lowest BCUT2D eigenvalue weighted by Crippen LogP contribution is -2.78. The summed E-state index contributed by atoms with van der Waals surface area (Å²) in [6, 6.07) is 5.28. The highest BCUT2D eigenvalue weighted by Crippen LogP contribution is 2.20. The molecule has 0 spiro atoms. The van der Waals surface area contributed by atoms with Crippen LogP contribution in [0.1, 0.15) is 18.1 Å². The van der Waals surface area contributed by atoms with E-state index in [0.717, 1.165) is 18.2 Å². The number of amides is 1. The molecule has 1 rings (SSSR count). The summed E-state index contributed by atoms with van der Waals surface area (Å²) in [5.74, 6) is -3.76. The Morgan fingerprint density at radius 3 is 2.54 bits per heavy atom. The Morgan fingerprint density at radius 2 is 2.04 bits per heavy atom. The standard InChI is InChI=1S/C15H26N4O5/c1-9-11(6-5-7-12(9)16)8-18-13(21)14(17-3,19-10(2)20)15(22,23)24-4/h5-7,10,17,19-20,22-23H,8,16H2,1-4H3,(H,18,21). The quantitative estimate of drug-likeness (QED) is 0.219. The first-order valence-corrected chi connectivity index (χ1v) is 7.38. The van der Waals surface area contributed by atoms with E-state index < -0.39 is 23.8 Å². The van der Waals surface area contributed by atoms with E-state index in [9.17, 15) is 20.1 Å². The molecule has 1 amide bonds. The maximum atomic E-state index is 12.6. The van der Waals surface area contributed by atoms with Gasteiger partial charge in [-0.1, -0.05) is 12.1 Å². The zero-order chi connectivity index (χ0) is 18.5. The molecule has 9 nitrogen and oxygen atoms in total. The number of aliphatic hydroxyl groups excluding tert-OH is 1. The first-order valence-electron chi connectivity index (χ1n) is 7.38. The number of aliphatic hydroxyl groups is 3. The van der Waals surface area contributed by atoms with Crippen LogP contribution >= 0.6 is 0 Å². The molecule has 24 heavy (non-hydrogen) atoms. The summed E-state index contributed by atoms with van der Waals surface area (Å²) in [5.41, 5.74) is 5.78.